The minimum Gasteiger partial charge on any atom is -0.495 e. The molecule has 5 aromatic rings. The Morgan fingerprint density at radius 2 is 1.75 bits per heavy atom. The first-order valence-electron chi connectivity index (χ1n) is 10.9. The first-order valence-corrected chi connectivity index (χ1v) is 10.9. The highest BCUT2D eigenvalue weighted by Gasteiger charge is 2.22. The number of carbonyl (C=O) groups excluding carboxylic acids is 1. The smallest absolute Gasteiger partial charge is 0.360 e. The average Bonchev–Trinajstić information content (AvgIpc) is 3.55. The van der Waals surface area contributed by atoms with Crippen molar-refractivity contribution < 1.29 is 18.7 Å². The third-order valence-electron chi connectivity index (χ3n) is 5.66. The van der Waals surface area contributed by atoms with Gasteiger partial charge in [-0.15, -0.1) is 0 Å². The van der Waals surface area contributed by atoms with Crippen LogP contribution >= 0.6 is 0 Å². The summed E-state index contributed by atoms with van der Waals surface area (Å²) >= 11 is 0. The van der Waals surface area contributed by atoms with Crippen LogP contribution in [-0.2, 0) is 17.8 Å². The van der Waals surface area contributed by atoms with Gasteiger partial charge in [-0.1, -0.05) is 42.5 Å². The van der Waals surface area contributed by atoms with Gasteiger partial charge in [0.15, 0.2) is 16.9 Å². The number of imidazole rings is 1. The number of oxazole rings is 1. The number of fused-ring (bicyclic) bond motifs is 1. The number of aromatic nitrogens is 5. The highest BCUT2D eigenvalue weighted by molar-refractivity contribution is 5.86. The number of hydrogen-bond acceptors (Lipinski definition) is 8. The zero-order valence-corrected chi connectivity index (χ0v) is 19.5. The zero-order valence-electron chi connectivity index (χ0n) is 19.5. The summed E-state index contributed by atoms with van der Waals surface area (Å²) in [6, 6.07) is 16.2. The molecule has 0 atom stereocenters. The van der Waals surface area contributed by atoms with Crippen LogP contribution in [0.25, 0.3) is 16.9 Å². The van der Waals surface area contributed by atoms with E-state index < -0.39 is 17.2 Å². The molecule has 2 aromatic carbocycles. The lowest BCUT2D eigenvalue weighted by molar-refractivity contribution is 0.0594. The van der Waals surface area contributed by atoms with E-state index >= 15 is 0 Å². The predicted molar refractivity (Wildman–Crippen MR) is 129 cm³/mol. The summed E-state index contributed by atoms with van der Waals surface area (Å²) in [4.78, 5) is 47.6. The highest BCUT2D eigenvalue weighted by atomic mass is 16.5. The number of benzene rings is 2. The SMILES string of the molecule is COC(=O)c1coc(Cn2cnc3c2c(=O)n(Cc2ccccc2)c(=O)n3-c2ccccc2OC)n1. The molecule has 0 bridgehead atoms. The Morgan fingerprint density at radius 1 is 1.00 bits per heavy atom. The molecule has 0 saturated heterocycles. The first-order chi connectivity index (χ1) is 17.5. The molecule has 0 radical (unpaired) electrons. The van der Waals surface area contributed by atoms with E-state index in [9.17, 15) is 14.4 Å². The number of hydrogen-bond donors (Lipinski definition) is 0. The minimum absolute atomic E-state index is 0.00179. The number of para-hydroxylation sites is 2. The van der Waals surface area contributed by atoms with Crippen molar-refractivity contribution in [2.45, 2.75) is 13.1 Å². The number of carbonyl (C=O) groups is 1. The van der Waals surface area contributed by atoms with Crippen LogP contribution in [0, 0.1) is 0 Å². The fourth-order valence-electron chi connectivity index (χ4n) is 3.96. The minimum atomic E-state index is -0.643. The van der Waals surface area contributed by atoms with Crippen LogP contribution in [0.4, 0.5) is 0 Å². The number of rotatable bonds is 7. The second kappa shape index (κ2) is 9.37. The highest BCUT2D eigenvalue weighted by Crippen LogP contribution is 2.23. The number of methoxy groups -OCH3 is 2. The summed E-state index contributed by atoms with van der Waals surface area (Å²) in [5.41, 5.74) is 0.449. The van der Waals surface area contributed by atoms with Crippen LogP contribution in [-0.4, -0.2) is 43.9 Å². The van der Waals surface area contributed by atoms with Crippen molar-refractivity contribution in [2.75, 3.05) is 14.2 Å². The molecule has 0 spiro atoms. The van der Waals surface area contributed by atoms with Gasteiger partial charge in [-0.05, 0) is 17.7 Å². The van der Waals surface area contributed by atoms with Crippen molar-refractivity contribution in [3.63, 3.8) is 0 Å². The molecule has 11 heteroatoms. The first kappa shape index (κ1) is 22.8. The van der Waals surface area contributed by atoms with Crippen molar-refractivity contribution >= 4 is 17.1 Å². The molecule has 182 valence electrons. The zero-order chi connectivity index (χ0) is 25.2. The van der Waals surface area contributed by atoms with Gasteiger partial charge in [0.2, 0.25) is 5.89 Å². The van der Waals surface area contributed by atoms with Crippen LogP contribution in [0.15, 0.2) is 81.2 Å². The molecule has 0 amide bonds. The third kappa shape index (κ3) is 3.96. The van der Waals surface area contributed by atoms with Gasteiger partial charge >= 0.3 is 11.7 Å². The molecule has 0 unspecified atom stereocenters. The lowest BCUT2D eigenvalue weighted by Crippen LogP contribution is -2.40. The average molecular weight is 487 g/mol. The Labute approximate surface area is 203 Å². The summed E-state index contributed by atoms with van der Waals surface area (Å²) in [6.07, 6.45) is 2.60. The lowest BCUT2D eigenvalue weighted by Gasteiger charge is -2.14. The predicted octanol–water partition coefficient (Wildman–Crippen LogP) is 2.23. The number of ether oxygens (including phenoxy) is 2. The Morgan fingerprint density at radius 3 is 2.50 bits per heavy atom. The Bertz CT molecular complexity index is 1680. The van der Waals surface area contributed by atoms with Gasteiger partial charge in [0.1, 0.15) is 18.6 Å². The van der Waals surface area contributed by atoms with E-state index in [1.807, 2.05) is 30.3 Å². The second-order valence-corrected chi connectivity index (χ2v) is 7.83. The van der Waals surface area contributed by atoms with Crippen molar-refractivity contribution in [1.82, 2.24) is 23.7 Å². The van der Waals surface area contributed by atoms with Gasteiger partial charge in [0.05, 0.1) is 32.8 Å². The molecule has 0 aliphatic heterocycles. The van der Waals surface area contributed by atoms with E-state index in [0.717, 1.165) is 10.1 Å². The van der Waals surface area contributed by atoms with Crippen LogP contribution in [0.5, 0.6) is 5.75 Å². The molecule has 36 heavy (non-hydrogen) atoms. The normalized spacial score (nSPS) is 11.1. The lowest BCUT2D eigenvalue weighted by atomic mass is 10.2. The van der Waals surface area contributed by atoms with Gasteiger partial charge in [0.25, 0.3) is 5.56 Å². The number of nitrogens with zero attached hydrogens (tertiary/aromatic N) is 5. The molecule has 3 aromatic heterocycles. The summed E-state index contributed by atoms with van der Waals surface area (Å²) in [6.45, 7) is 0.0540. The van der Waals surface area contributed by atoms with Crippen molar-refractivity contribution in [1.29, 1.82) is 0 Å². The van der Waals surface area contributed by atoms with Gasteiger partial charge in [0, 0.05) is 0 Å². The van der Waals surface area contributed by atoms with Gasteiger partial charge in [-0.25, -0.2) is 24.1 Å². The fraction of sp³-hybridized carbons (Fsp3) is 0.160. The van der Waals surface area contributed by atoms with Gasteiger partial charge < -0.3 is 18.5 Å². The Hall–Kier alpha value is -4.93. The van der Waals surface area contributed by atoms with E-state index in [-0.39, 0.29) is 35.8 Å². The molecular weight excluding hydrogens is 466 g/mol. The summed E-state index contributed by atoms with van der Waals surface area (Å²) < 4.78 is 19.6. The number of esters is 1. The van der Waals surface area contributed by atoms with E-state index in [0.29, 0.717) is 11.4 Å². The van der Waals surface area contributed by atoms with Crippen molar-refractivity contribution in [3.05, 3.63) is 105 Å². The Kier molecular flexibility index (Phi) is 5.95. The monoisotopic (exact) mass is 487 g/mol. The van der Waals surface area contributed by atoms with Gasteiger partial charge in [-0.3, -0.25) is 9.36 Å². The van der Waals surface area contributed by atoms with Crippen molar-refractivity contribution in [3.8, 4) is 11.4 Å². The van der Waals surface area contributed by atoms with Crippen LogP contribution in [0.1, 0.15) is 21.9 Å². The van der Waals surface area contributed by atoms with Crippen LogP contribution in [0.3, 0.4) is 0 Å². The maximum atomic E-state index is 13.7. The van der Waals surface area contributed by atoms with E-state index in [2.05, 4.69) is 14.7 Å². The summed E-state index contributed by atoms with van der Waals surface area (Å²) in [7, 11) is 2.74. The second-order valence-electron chi connectivity index (χ2n) is 7.83. The molecular formula is C25H21N5O6. The van der Waals surface area contributed by atoms with E-state index in [4.69, 9.17) is 9.15 Å². The maximum absolute atomic E-state index is 13.7. The standard InChI is InChI=1S/C25H21N5O6/c1-34-19-11-7-6-10-18(19)30-22-21(23(31)29(25(30)33)12-16-8-4-3-5-9-16)28(15-26-22)13-20-27-17(14-36-20)24(32)35-2/h3-11,14-15H,12-13H2,1-2H3. The molecule has 3 heterocycles. The Balaban J connectivity index is 1.73. The van der Waals surface area contributed by atoms with Crippen LogP contribution < -0.4 is 16.0 Å². The molecule has 0 aliphatic carbocycles. The fourth-order valence-corrected chi connectivity index (χ4v) is 3.96. The van der Waals surface area contributed by atoms with E-state index in [1.165, 1.54) is 35.9 Å². The molecule has 0 saturated carbocycles. The summed E-state index contributed by atoms with van der Waals surface area (Å²) in [5, 5.41) is 0. The molecule has 11 nitrogen and oxygen atoms in total. The topological polar surface area (TPSA) is 123 Å². The molecule has 5 rings (SSSR count). The van der Waals surface area contributed by atoms with E-state index in [1.54, 1.807) is 24.3 Å². The molecule has 0 aliphatic rings. The van der Waals surface area contributed by atoms with Crippen LogP contribution in [0.2, 0.25) is 0 Å². The molecule has 0 N–H and O–H groups in total. The molecule has 0 fully saturated rings. The quantitative estimate of drug-likeness (QED) is 0.320. The van der Waals surface area contributed by atoms with Crippen molar-refractivity contribution in [2.24, 2.45) is 0 Å². The third-order valence-corrected chi connectivity index (χ3v) is 5.66. The summed E-state index contributed by atoms with van der Waals surface area (Å²) in [5.74, 6) is -0.0368. The van der Waals surface area contributed by atoms with Gasteiger partial charge in [-0.2, -0.15) is 0 Å². The maximum Gasteiger partial charge on any atom is 0.360 e. The largest absolute Gasteiger partial charge is 0.495 e.